The largest absolute Gasteiger partial charge is 0.396 e. The van der Waals surface area contributed by atoms with Crippen molar-refractivity contribution in [3.05, 3.63) is 0 Å². The highest BCUT2D eigenvalue weighted by molar-refractivity contribution is 5.78. The molecule has 2 N–H and O–H groups in total. The Hall–Kier alpha value is -0.610. The maximum Gasteiger partial charge on any atom is 0.236 e. The molecule has 0 saturated carbocycles. The summed E-state index contributed by atoms with van der Waals surface area (Å²) in [7, 11) is 0. The van der Waals surface area contributed by atoms with Crippen molar-refractivity contribution >= 4 is 5.91 Å². The first-order chi connectivity index (χ1) is 8.34. The van der Waals surface area contributed by atoms with E-state index in [1.165, 1.54) is 12.8 Å². The molecule has 1 aliphatic heterocycles. The van der Waals surface area contributed by atoms with Crippen molar-refractivity contribution in [2.75, 3.05) is 32.8 Å². The Morgan fingerprint density at radius 1 is 1.06 bits per heavy atom. The smallest absolute Gasteiger partial charge is 0.236 e. The van der Waals surface area contributed by atoms with Crippen LogP contribution in [0.4, 0.5) is 0 Å². The fourth-order valence-corrected chi connectivity index (χ4v) is 2.17. The van der Waals surface area contributed by atoms with Crippen molar-refractivity contribution in [1.29, 1.82) is 0 Å². The summed E-state index contributed by atoms with van der Waals surface area (Å²) in [5.74, 6) is 0.244. The molecule has 0 unspecified atom stereocenters. The molecule has 0 aromatic rings. The van der Waals surface area contributed by atoms with Crippen LogP contribution in [0.2, 0.25) is 0 Å². The molecule has 1 heterocycles. The normalized spacial score (nSPS) is 16.9. The molecular formula is C13H26N2O2. The molecule has 1 saturated heterocycles. The molecule has 4 heteroatoms. The van der Waals surface area contributed by atoms with E-state index in [1.807, 2.05) is 4.90 Å². The number of likely N-dealkylation sites (tertiary alicyclic amines) is 1. The van der Waals surface area contributed by atoms with Gasteiger partial charge in [-0.15, -0.1) is 0 Å². The van der Waals surface area contributed by atoms with Crippen molar-refractivity contribution in [3.63, 3.8) is 0 Å². The second-order valence-corrected chi connectivity index (χ2v) is 4.76. The Balaban J connectivity index is 2.03. The summed E-state index contributed by atoms with van der Waals surface area (Å²) in [6.45, 7) is 3.49. The first kappa shape index (κ1) is 14.5. The number of nitrogens with zero attached hydrogens (tertiary/aromatic N) is 1. The standard InChI is InChI=1S/C13H26N2O2/c16-11-7-3-4-8-14-12-13(17)15-9-5-1-2-6-10-15/h14,16H,1-12H2. The molecule has 0 aromatic heterocycles. The number of hydrogen-bond acceptors (Lipinski definition) is 3. The molecule has 1 rings (SSSR count). The monoisotopic (exact) mass is 242 g/mol. The van der Waals surface area contributed by atoms with Crippen LogP contribution >= 0.6 is 0 Å². The van der Waals surface area contributed by atoms with Gasteiger partial charge in [0, 0.05) is 19.7 Å². The lowest BCUT2D eigenvalue weighted by molar-refractivity contribution is -0.130. The molecule has 0 atom stereocenters. The third kappa shape index (κ3) is 6.64. The molecule has 1 fully saturated rings. The van der Waals surface area contributed by atoms with Gasteiger partial charge < -0.3 is 15.3 Å². The second-order valence-electron chi connectivity index (χ2n) is 4.76. The van der Waals surface area contributed by atoms with Gasteiger partial charge in [-0.2, -0.15) is 0 Å². The highest BCUT2D eigenvalue weighted by Crippen LogP contribution is 2.09. The second kappa shape index (κ2) is 9.42. The van der Waals surface area contributed by atoms with Gasteiger partial charge in [-0.05, 0) is 38.6 Å². The molecule has 4 nitrogen and oxygen atoms in total. The van der Waals surface area contributed by atoms with Crippen LogP contribution in [0, 0.1) is 0 Å². The summed E-state index contributed by atoms with van der Waals surface area (Å²) in [4.78, 5) is 13.9. The van der Waals surface area contributed by atoms with E-state index in [2.05, 4.69) is 5.32 Å². The molecule has 17 heavy (non-hydrogen) atoms. The minimum atomic E-state index is 0.244. The Labute approximate surface area is 104 Å². The summed E-state index contributed by atoms with van der Waals surface area (Å²) in [5, 5.41) is 11.8. The van der Waals surface area contributed by atoms with Gasteiger partial charge in [-0.3, -0.25) is 4.79 Å². The molecule has 1 amide bonds. The van der Waals surface area contributed by atoms with Crippen molar-refractivity contribution in [3.8, 4) is 0 Å². The van der Waals surface area contributed by atoms with Crippen LogP contribution in [0.5, 0.6) is 0 Å². The summed E-state index contributed by atoms with van der Waals surface area (Å²) < 4.78 is 0. The van der Waals surface area contributed by atoms with E-state index in [0.29, 0.717) is 6.54 Å². The number of aliphatic hydroxyl groups is 1. The average Bonchev–Trinajstić information content (AvgIpc) is 2.62. The number of hydrogen-bond donors (Lipinski definition) is 2. The first-order valence-electron chi connectivity index (χ1n) is 6.94. The van der Waals surface area contributed by atoms with Gasteiger partial charge in [-0.1, -0.05) is 12.8 Å². The summed E-state index contributed by atoms with van der Waals surface area (Å²) in [6.07, 6.45) is 7.76. The van der Waals surface area contributed by atoms with Crippen LogP contribution < -0.4 is 5.32 Å². The molecule has 0 aliphatic carbocycles. The van der Waals surface area contributed by atoms with Crippen molar-refractivity contribution in [2.24, 2.45) is 0 Å². The Morgan fingerprint density at radius 3 is 2.41 bits per heavy atom. The number of unbranched alkanes of at least 4 members (excludes halogenated alkanes) is 2. The molecule has 1 aliphatic rings. The van der Waals surface area contributed by atoms with E-state index in [1.54, 1.807) is 0 Å². The number of carbonyl (C=O) groups excluding carboxylic acids is 1. The van der Waals surface area contributed by atoms with Crippen LogP contribution in [0.1, 0.15) is 44.9 Å². The lowest BCUT2D eigenvalue weighted by atomic mass is 10.2. The van der Waals surface area contributed by atoms with Crippen molar-refractivity contribution in [2.45, 2.75) is 44.9 Å². The van der Waals surface area contributed by atoms with E-state index in [4.69, 9.17) is 5.11 Å². The van der Waals surface area contributed by atoms with Crippen LogP contribution in [-0.2, 0) is 4.79 Å². The van der Waals surface area contributed by atoms with E-state index in [0.717, 1.165) is 51.7 Å². The van der Waals surface area contributed by atoms with Gasteiger partial charge in [0.05, 0.1) is 6.54 Å². The van der Waals surface area contributed by atoms with Gasteiger partial charge in [0.1, 0.15) is 0 Å². The maximum atomic E-state index is 11.9. The molecule has 0 radical (unpaired) electrons. The number of amides is 1. The van der Waals surface area contributed by atoms with Gasteiger partial charge in [0.2, 0.25) is 5.91 Å². The number of nitrogens with one attached hydrogen (secondary N) is 1. The molecule has 100 valence electrons. The molecule has 0 spiro atoms. The molecule has 0 aromatic carbocycles. The number of carbonyl (C=O) groups is 1. The van der Waals surface area contributed by atoms with Crippen molar-refractivity contribution < 1.29 is 9.90 Å². The molecular weight excluding hydrogens is 216 g/mol. The summed E-state index contributed by atoms with van der Waals surface area (Å²) in [6, 6.07) is 0. The lowest BCUT2D eigenvalue weighted by Crippen LogP contribution is -2.39. The maximum absolute atomic E-state index is 11.9. The first-order valence-corrected chi connectivity index (χ1v) is 6.94. The summed E-state index contributed by atoms with van der Waals surface area (Å²) in [5.41, 5.74) is 0. The van der Waals surface area contributed by atoms with Gasteiger partial charge in [-0.25, -0.2) is 0 Å². The van der Waals surface area contributed by atoms with Gasteiger partial charge in [0.15, 0.2) is 0 Å². The number of aliphatic hydroxyl groups excluding tert-OH is 1. The predicted molar refractivity (Wildman–Crippen MR) is 68.9 cm³/mol. The Morgan fingerprint density at radius 2 is 1.76 bits per heavy atom. The minimum Gasteiger partial charge on any atom is -0.396 e. The lowest BCUT2D eigenvalue weighted by Gasteiger charge is -2.20. The third-order valence-corrected chi connectivity index (χ3v) is 3.25. The van der Waals surface area contributed by atoms with E-state index < -0.39 is 0 Å². The fourth-order valence-electron chi connectivity index (χ4n) is 2.17. The Kier molecular flexibility index (Phi) is 8.01. The highest BCUT2D eigenvalue weighted by Gasteiger charge is 2.14. The summed E-state index contributed by atoms with van der Waals surface area (Å²) >= 11 is 0. The molecule has 0 bridgehead atoms. The zero-order valence-corrected chi connectivity index (χ0v) is 10.8. The Bertz CT molecular complexity index is 202. The zero-order valence-electron chi connectivity index (χ0n) is 10.8. The van der Waals surface area contributed by atoms with E-state index >= 15 is 0 Å². The topological polar surface area (TPSA) is 52.6 Å². The van der Waals surface area contributed by atoms with Gasteiger partial charge in [0.25, 0.3) is 0 Å². The SMILES string of the molecule is O=C(CNCCCCCO)N1CCCCCC1. The van der Waals surface area contributed by atoms with Crippen LogP contribution in [0.25, 0.3) is 0 Å². The highest BCUT2D eigenvalue weighted by atomic mass is 16.2. The number of rotatable bonds is 7. The van der Waals surface area contributed by atoms with Crippen LogP contribution in [0.3, 0.4) is 0 Å². The predicted octanol–water partition coefficient (Wildman–Crippen LogP) is 1.14. The van der Waals surface area contributed by atoms with Crippen LogP contribution in [-0.4, -0.2) is 48.7 Å². The average molecular weight is 242 g/mol. The van der Waals surface area contributed by atoms with Crippen LogP contribution in [0.15, 0.2) is 0 Å². The zero-order chi connectivity index (χ0) is 12.3. The minimum absolute atomic E-state index is 0.244. The van der Waals surface area contributed by atoms with E-state index in [9.17, 15) is 4.79 Å². The van der Waals surface area contributed by atoms with E-state index in [-0.39, 0.29) is 12.5 Å². The fraction of sp³-hybridized carbons (Fsp3) is 0.923. The third-order valence-electron chi connectivity index (χ3n) is 3.25. The van der Waals surface area contributed by atoms with Crippen molar-refractivity contribution in [1.82, 2.24) is 10.2 Å². The quantitative estimate of drug-likeness (QED) is 0.658. The van der Waals surface area contributed by atoms with Gasteiger partial charge >= 0.3 is 0 Å².